The topological polar surface area (TPSA) is 93.4 Å². The van der Waals surface area contributed by atoms with Crippen molar-refractivity contribution in [1.29, 1.82) is 5.26 Å². The molecule has 1 rings (SSSR count). The van der Waals surface area contributed by atoms with Gasteiger partial charge in [-0.05, 0) is 32.6 Å². The van der Waals surface area contributed by atoms with E-state index in [1.807, 2.05) is 6.92 Å². The van der Waals surface area contributed by atoms with E-state index in [-0.39, 0.29) is 30.3 Å². The molecule has 0 radical (unpaired) electrons. The van der Waals surface area contributed by atoms with Crippen LogP contribution < -0.4 is 5.32 Å². The molecule has 0 spiro atoms. The predicted octanol–water partition coefficient (Wildman–Crippen LogP) is 1.43. The Morgan fingerprint density at radius 3 is 2.58 bits per heavy atom. The zero-order valence-electron chi connectivity index (χ0n) is 11.4. The molecule has 2 unspecified atom stereocenters. The number of nitrogens with zero attached hydrogens (tertiary/aromatic N) is 2. The molecule has 0 aromatic rings. The van der Waals surface area contributed by atoms with Gasteiger partial charge in [0.2, 0.25) is 0 Å². The lowest BCUT2D eigenvalue weighted by Gasteiger charge is -2.25. The summed E-state index contributed by atoms with van der Waals surface area (Å²) < 4.78 is 0. The molecular weight excluding hydrogens is 246 g/mol. The van der Waals surface area contributed by atoms with E-state index in [1.165, 1.54) is 0 Å². The van der Waals surface area contributed by atoms with E-state index in [1.54, 1.807) is 11.8 Å². The minimum atomic E-state index is -0.898. The first kappa shape index (κ1) is 15.3. The zero-order chi connectivity index (χ0) is 14.4. The van der Waals surface area contributed by atoms with Gasteiger partial charge in [0, 0.05) is 19.1 Å². The average molecular weight is 267 g/mol. The molecule has 1 saturated carbocycles. The summed E-state index contributed by atoms with van der Waals surface area (Å²) in [6.07, 6.45) is 1.90. The van der Waals surface area contributed by atoms with Gasteiger partial charge < -0.3 is 15.3 Å². The summed E-state index contributed by atoms with van der Waals surface area (Å²) in [7, 11) is 0. The van der Waals surface area contributed by atoms with E-state index in [9.17, 15) is 9.59 Å². The van der Waals surface area contributed by atoms with Gasteiger partial charge in [-0.3, -0.25) is 4.79 Å². The number of amides is 2. The first-order chi connectivity index (χ1) is 8.97. The minimum Gasteiger partial charge on any atom is -0.481 e. The Hall–Kier alpha value is -1.77. The Morgan fingerprint density at radius 1 is 1.53 bits per heavy atom. The zero-order valence-corrected chi connectivity index (χ0v) is 11.4. The molecule has 0 aromatic carbocycles. The second kappa shape index (κ2) is 6.98. The highest BCUT2D eigenvalue weighted by Crippen LogP contribution is 2.34. The molecule has 1 aliphatic rings. The quantitative estimate of drug-likeness (QED) is 0.729. The molecule has 106 valence electrons. The van der Waals surface area contributed by atoms with Crippen molar-refractivity contribution in [3.63, 3.8) is 0 Å². The van der Waals surface area contributed by atoms with Crippen LogP contribution in [0.5, 0.6) is 0 Å². The van der Waals surface area contributed by atoms with Crippen molar-refractivity contribution in [3.05, 3.63) is 0 Å². The molecule has 1 aliphatic carbocycles. The summed E-state index contributed by atoms with van der Waals surface area (Å²) in [6, 6.07) is 1.52. The van der Waals surface area contributed by atoms with Crippen LogP contribution in [0.3, 0.4) is 0 Å². The number of hydrogen-bond donors (Lipinski definition) is 2. The van der Waals surface area contributed by atoms with Crippen molar-refractivity contribution in [3.8, 4) is 6.07 Å². The standard InChI is InChI=1S/C13H21N3O3/c1-3-16(8-9(2)7-14)13(19)15-11(6-12(17)18)10-4-5-10/h9-11H,3-6,8H2,1-2H3,(H,15,19)(H,17,18). The van der Waals surface area contributed by atoms with Gasteiger partial charge >= 0.3 is 12.0 Å². The van der Waals surface area contributed by atoms with Crippen molar-refractivity contribution >= 4 is 12.0 Å². The van der Waals surface area contributed by atoms with Gasteiger partial charge in [-0.2, -0.15) is 5.26 Å². The average Bonchev–Trinajstić information content (AvgIpc) is 3.18. The van der Waals surface area contributed by atoms with Crippen molar-refractivity contribution < 1.29 is 14.7 Å². The molecule has 0 aromatic heterocycles. The third-order valence-corrected chi connectivity index (χ3v) is 3.28. The summed E-state index contributed by atoms with van der Waals surface area (Å²) in [4.78, 5) is 24.4. The highest BCUT2D eigenvalue weighted by Gasteiger charge is 2.34. The fourth-order valence-electron chi connectivity index (χ4n) is 2.00. The van der Waals surface area contributed by atoms with Gasteiger partial charge in [-0.15, -0.1) is 0 Å². The molecule has 2 atom stereocenters. The molecule has 6 nitrogen and oxygen atoms in total. The number of carboxylic acids is 1. The van der Waals surface area contributed by atoms with Gasteiger partial charge in [-0.25, -0.2) is 4.79 Å². The third kappa shape index (κ3) is 5.16. The van der Waals surface area contributed by atoms with Crippen LogP contribution in [0.1, 0.15) is 33.1 Å². The van der Waals surface area contributed by atoms with Gasteiger partial charge in [0.15, 0.2) is 0 Å². The van der Waals surface area contributed by atoms with Crippen LogP contribution in [0.4, 0.5) is 4.79 Å². The third-order valence-electron chi connectivity index (χ3n) is 3.28. The van der Waals surface area contributed by atoms with Crippen LogP contribution in [-0.2, 0) is 4.79 Å². The summed E-state index contributed by atoms with van der Waals surface area (Å²) in [5.74, 6) is -0.845. The maximum Gasteiger partial charge on any atom is 0.317 e. The molecule has 0 heterocycles. The molecule has 2 N–H and O–H groups in total. The van der Waals surface area contributed by atoms with Gasteiger partial charge in [0.1, 0.15) is 0 Å². The fourth-order valence-corrected chi connectivity index (χ4v) is 2.00. The SMILES string of the molecule is CCN(CC(C)C#N)C(=O)NC(CC(=O)O)C1CC1. The summed E-state index contributed by atoms with van der Waals surface area (Å²) in [5.41, 5.74) is 0. The first-order valence-corrected chi connectivity index (χ1v) is 6.64. The van der Waals surface area contributed by atoms with Gasteiger partial charge in [-0.1, -0.05) is 0 Å². The number of carboxylic acid groups (broad SMARTS) is 1. The normalized spacial score (nSPS) is 17.1. The Labute approximate surface area is 113 Å². The van der Waals surface area contributed by atoms with Gasteiger partial charge in [0.25, 0.3) is 0 Å². The number of aliphatic carboxylic acids is 1. The second-order valence-corrected chi connectivity index (χ2v) is 5.06. The Kier molecular flexibility index (Phi) is 5.61. The van der Waals surface area contributed by atoms with Crippen LogP contribution >= 0.6 is 0 Å². The van der Waals surface area contributed by atoms with Crippen molar-refractivity contribution in [2.75, 3.05) is 13.1 Å². The Bertz CT molecular complexity index is 374. The lowest BCUT2D eigenvalue weighted by molar-refractivity contribution is -0.137. The van der Waals surface area contributed by atoms with Crippen molar-refractivity contribution in [1.82, 2.24) is 10.2 Å². The number of carbonyl (C=O) groups is 2. The lowest BCUT2D eigenvalue weighted by Crippen LogP contribution is -2.47. The largest absolute Gasteiger partial charge is 0.481 e. The number of urea groups is 1. The molecular formula is C13H21N3O3. The van der Waals surface area contributed by atoms with Crippen LogP contribution in [-0.4, -0.2) is 41.1 Å². The van der Waals surface area contributed by atoms with Crippen LogP contribution in [0.25, 0.3) is 0 Å². The summed E-state index contributed by atoms with van der Waals surface area (Å²) in [5, 5.41) is 20.4. The molecule has 2 amide bonds. The van der Waals surface area contributed by atoms with Crippen molar-refractivity contribution in [2.45, 2.75) is 39.2 Å². The number of rotatable bonds is 7. The van der Waals surface area contributed by atoms with Gasteiger partial charge in [0.05, 0.1) is 18.4 Å². The van der Waals surface area contributed by atoms with E-state index in [4.69, 9.17) is 10.4 Å². The molecule has 6 heteroatoms. The maximum atomic E-state index is 12.1. The number of nitrogens with one attached hydrogen (secondary N) is 1. The molecule has 0 aliphatic heterocycles. The number of carbonyl (C=O) groups excluding carboxylic acids is 1. The smallest absolute Gasteiger partial charge is 0.317 e. The summed E-state index contributed by atoms with van der Waals surface area (Å²) >= 11 is 0. The van der Waals surface area contributed by atoms with E-state index in [2.05, 4.69) is 11.4 Å². The van der Waals surface area contributed by atoms with E-state index < -0.39 is 5.97 Å². The van der Waals surface area contributed by atoms with Crippen LogP contribution in [0.2, 0.25) is 0 Å². The molecule has 19 heavy (non-hydrogen) atoms. The van der Waals surface area contributed by atoms with E-state index in [0.29, 0.717) is 13.1 Å². The van der Waals surface area contributed by atoms with E-state index in [0.717, 1.165) is 12.8 Å². The van der Waals surface area contributed by atoms with Crippen LogP contribution in [0, 0.1) is 23.2 Å². The molecule has 0 saturated heterocycles. The monoisotopic (exact) mass is 267 g/mol. The lowest BCUT2D eigenvalue weighted by atomic mass is 10.1. The number of nitriles is 1. The fraction of sp³-hybridized carbons (Fsp3) is 0.769. The molecule has 0 bridgehead atoms. The van der Waals surface area contributed by atoms with E-state index >= 15 is 0 Å². The molecule has 1 fully saturated rings. The predicted molar refractivity (Wildman–Crippen MR) is 69.3 cm³/mol. The van der Waals surface area contributed by atoms with Crippen LogP contribution in [0.15, 0.2) is 0 Å². The minimum absolute atomic E-state index is 0.0399. The highest BCUT2D eigenvalue weighted by molar-refractivity contribution is 5.76. The second-order valence-electron chi connectivity index (χ2n) is 5.06. The Balaban J connectivity index is 2.54. The summed E-state index contributed by atoms with van der Waals surface area (Å²) in [6.45, 7) is 4.46. The number of hydrogen-bond acceptors (Lipinski definition) is 3. The Morgan fingerprint density at radius 2 is 2.16 bits per heavy atom. The maximum absolute atomic E-state index is 12.1. The first-order valence-electron chi connectivity index (χ1n) is 6.64. The highest BCUT2D eigenvalue weighted by atomic mass is 16.4. The van der Waals surface area contributed by atoms with Crippen molar-refractivity contribution in [2.24, 2.45) is 11.8 Å².